The zero-order chi connectivity index (χ0) is 17.9. The van der Waals surface area contributed by atoms with Crippen molar-refractivity contribution in [2.45, 2.75) is 31.9 Å². The van der Waals surface area contributed by atoms with E-state index in [1.54, 1.807) is 6.33 Å². The van der Waals surface area contributed by atoms with Crippen LogP contribution in [0, 0.1) is 6.92 Å². The Hall–Kier alpha value is -2.18. The number of aromatic amines is 1. The molecule has 3 heterocycles. The number of hydrogen-bond donors (Lipinski definition) is 1. The lowest BCUT2D eigenvalue weighted by atomic mass is 9.97. The predicted molar refractivity (Wildman–Crippen MR) is 99.0 cm³/mol. The first-order chi connectivity index (χ1) is 12.7. The highest BCUT2D eigenvalue weighted by Crippen LogP contribution is 2.32. The number of ether oxygens (including phenoxy) is 1. The van der Waals surface area contributed by atoms with E-state index in [0.717, 1.165) is 30.9 Å². The molecule has 2 atom stereocenters. The zero-order valence-corrected chi connectivity index (χ0v) is 15.2. The molecule has 26 heavy (non-hydrogen) atoms. The van der Waals surface area contributed by atoms with Gasteiger partial charge < -0.3 is 19.5 Å². The summed E-state index contributed by atoms with van der Waals surface area (Å²) >= 11 is 0. The summed E-state index contributed by atoms with van der Waals surface area (Å²) in [7, 11) is 0. The topological polar surface area (TPSA) is 61.5 Å². The highest BCUT2D eigenvalue weighted by atomic mass is 16.5. The molecular formula is C20H26N4O2. The first-order valence-electron chi connectivity index (χ1n) is 9.44. The number of morpholine rings is 1. The average molecular weight is 354 g/mol. The van der Waals surface area contributed by atoms with E-state index in [1.807, 2.05) is 30.0 Å². The Kier molecular flexibility index (Phi) is 5.04. The molecule has 2 fully saturated rings. The minimum Gasteiger partial charge on any atom is -0.373 e. The zero-order valence-electron chi connectivity index (χ0n) is 15.2. The van der Waals surface area contributed by atoms with E-state index < -0.39 is 0 Å². The van der Waals surface area contributed by atoms with Gasteiger partial charge in [-0.3, -0.25) is 4.79 Å². The second-order valence-corrected chi connectivity index (χ2v) is 7.15. The highest BCUT2D eigenvalue weighted by molar-refractivity contribution is 5.93. The van der Waals surface area contributed by atoms with Crippen LogP contribution in [0.2, 0.25) is 0 Å². The van der Waals surface area contributed by atoms with E-state index in [-0.39, 0.29) is 18.1 Å². The number of carbonyl (C=O) groups is 1. The molecule has 0 bridgehead atoms. The van der Waals surface area contributed by atoms with Gasteiger partial charge in [0, 0.05) is 18.8 Å². The molecule has 138 valence electrons. The molecule has 0 spiro atoms. The van der Waals surface area contributed by atoms with Gasteiger partial charge in [0.2, 0.25) is 0 Å². The maximum absolute atomic E-state index is 13.2. The van der Waals surface area contributed by atoms with Crippen molar-refractivity contribution in [1.82, 2.24) is 19.8 Å². The Morgan fingerprint density at radius 3 is 2.69 bits per heavy atom. The van der Waals surface area contributed by atoms with Gasteiger partial charge in [-0.15, -0.1) is 0 Å². The van der Waals surface area contributed by atoms with Crippen molar-refractivity contribution in [2.75, 3.05) is 32.8 Å². The molecule has 2 aromatic rings. The van der Waals surface area contributed by atoms with Crippen LogP contribution in [0.1, 0.15) is 40.6 Å². The first kappa shape index (κ1) is 17.2. The summed E-state index contributed by atoms with van der Waals surface area (Å²) in [6.07, 6.45) is 4.06. The van der Waals surface area contributed by atoms with Crippen molar-refractivity contribution in [2.24, 2.45) is 0 Å². The Morgan fingerprint density at radius 2 is 2.00 bits per heavy atom. The number of likely N-dealkylation sites (tertiary alicyclic amines) is 1. The van der Waals surface area contributed by atoms with E-state index in [4.69, 9.17) is 4.74 Å². The van der Waals surface area contributed by atoms with E-state index >= 15 is 0 Å². The minimum absolute atomic E-state index is 0.0209. The summed E-state index contributed by atoms with van der Waals surface area (Å²) in [4.78, 5) is 24.9. The summed E-state index contributed by atoms with van der Waals surface area (Å²) in [5, 5.41) is 0. The fraction of sp³-hybridized carbons (Fsp3) is 0.500. The van der Waals surface area contributed by atoms with Crippen LogP contribution in [0.25, 0.3) is 0 Å². The number of aryl methyl sites for hydroxylation is 1. The van der Waals surface area contributed by atoms with Crippen LogP contribution < -0.4 is 0 Å². The number of hydrogen-bond acceptors (Lipinski definition) is 4. The largest absolute Gasteiger partial charge is 0.373 e. The third-order valence-corrected chi connectivity index (χ3v) is 5.42. The molecule has 1 aromatic carbocycles. The standard InChI is InChI=1S/C20H26N4O2/c1-15-18(22-14-21-15)20(25)24-11-12-26-17(13-23-9-5-6-10-23)19(24)16-7-3-2-4-8-16/h2-4,7-8,14,17,19H,5-6,9-13H2,1H3,(H,21,22)/t17-,19-/m0/s1. The molecule has 2 aliphatic rings. The summed E-state index contributed by atoms with van der Waals surface area (Å²) in [6, 6.07) is 10.2. The molecular weight excluding hydrogens is 328 g/mol. The molecule has 6 nitrogen and oxygen atoms in total. The van der Waals surface area contributed by atoms with Gasteiger partial charge >= 0.3 is 0 Å². The lowest BCUT2D eigenvalue weighted by Gasteiger charge is -2.42. The van der Waals surface area contributed by atoms with Crippen molar-refractivity contribution in [3.05, 3.63) is 53.6 Å². The van der Waals surface area contributed by atoms with Gasteiger partial charge in [0.05, 0.1) is 25.1 Å². The maximum Gasteiger partial charge on any atom is 0.275 e. The normalized spacial score (nSPS) is 24.1. The van der Waals surface area contributed by atoms with Gasteiger partial charge in [-0.25, -0.2) is 4.98 Å². The first-order valence-corrected chi connectivity index (χ1v) is 9.44. The lowest BCUT2D eigenvalue weighted by molar-refractivity contribution is -0.0708. The van der Waals surface area contributed by atoms with E-state index in [9.17, 15) is 4.79 Å². The van der Waals surface area contributed by atoms with Gasteiger partial charge in [0.1, 0.15) is 5.69 Å². The van der Waals surface area contributed by atoms with Crippen molar-refractivity contribution in [3.8, 4) is 0 Å². The van der Waals surface area contributed by atoms with Gasteiger partial charge in [0.25, 0.3) is 5.91 Å². The maximum atomic E-state index is 13.2. The molecule has 2 aliphatic heterocycles. The quantitative estimate of drug-likeness (QED) is 0.916. The monoisotopic (exact) mass is 354 g/mol. The molecule has 0 unspecified atom stereocenters. The SMILES string of the molecule is Cc1[nH]cnc1C(=O)N1CCO[C@@H](CN2CCCC2)[C@@H]1c1ccccc1. The van der Waals surface area contributed by atoms with Crippen LogP contribution in [0.4, 0.5) is 0 Å². The number of carbonyl (C=O) groups excluding carboxylic acids is 1. The molecule has 0 aliphatic carbocycles. The Labute approximate surface area is 154 Å². The number of nitrogens with one attached hydrogen (secondary N) is 1. The second kappa shape index (κ2) is 7.60. The number of aromatic nitrogens is 2. The number of H-pyrrole nitrogens is 1. The van der Waals surface area contributed by atoms with Crippen molar-refractivity contribution in [1.29, 1.82) is 0 Å². The average Bonchev–Trinajstić information content (AvgIpc) is 3.33. The van der Waals surface area contributed by atoms with E-state index in [0.29, 0.717) is 18.8 Å². The Morgan fingerprint density at radius 1 is 1.23 bits per heavy atom. The Balaban J connectivity index is 1.64. The molecule has 0 saturated carbocycles. The van der Waals surface area contributed by atoms with Crippen LogP contribution >= 0.6 is 0 Å². The molecule has 6 heteroatoms. The van der Waals surface area contributed by atoms with Gasteiger partial charge in [-0.05, 0) is 38.4 Å². The number of nitrogens with zero attached hydrogens (tertiary/aromatic N) is 3. The minimum atomic E-state index is -0.0888. The highest BCUT2D eigenvalue weighted by Gasteiger charge is 2.38. The summed E-state index contributed by atoms with van der Waals surface area (Å²) in [6.45, 7) is 6.14. The number of amides is 1. The van der Waals surface area contributed by atoms with Crippen LogP contribution in [0.5, 0.6) is 0 Å². The third-order valence-electron chi connectivity index (χ3n) is 5.42. The van der Waals surface area contributed by atoms with Crippen LogP contribution in [0.15, 0.2) is 36.7 Å². The number of rotatable bonds is 4. The summed E-state index contributed by atoms with van der Waals surface area (Å²) in [5.41, 5.74) is 2.44. The third kappa shape index (κ3) is 3.39. The van der Waals surface area contributed by atoms with Crippen molar-refractivity contribution >= 4 is 5.91 Å². The van der Waals surface area contributed by atoms with Gasteiger partial charge in [0.15, 0.2) is 0 Å². The Bertz CT molecular complexity index is 739. The van der Waals surface area contributed by atoms with Gasteiger partial charge in [-0.2, -0.15) is 0 Å². The molecule has 0 radical (unpaired) electrons. The van der Waals surface area contributed by atoms with Gasteiger partial charge in [-0.1, -0.05) is 30.3 Å². The van der Waals surface area contributed by atoms with Crippen molar-refractivity contribution < 1.29 is 9.53 Å². The number of imidazole rings is 1. The second-order valence-electron chi connectivity index (χ2n) is 7.15. The summed E-state index contributed by atoms with van der Waals surface area (Å²) < 4.78 is 6.17. The molecule has 1 amide bonds. The van der Waals surface area contributed by atoms with E-state index in [2.05, 4.69) is 27.0 Å². The smallest absolute Gasteiger partial charge is 0.275 e. The summed E-state index contributed by atoms with van der Waals surface area (Å²) in [5.74, 6) is -0.0210. The van der Waals surface area contributed by atoms with Crippen molar-refractivity contribution in [3.63, 3.8) is 0 Å². The molecule has 1 N–H and O–H groups in total. The van der Waals surface area contributed by atoms with Crippen LogP contribution in [-0.2, 0) is 4.74 Å². The fourth-order valence-electron chi connectivity index (χ4n) is 4.09. The van der Waals surface area contributed by atoms with E-state index in [1.165, 1.54) is 12.8 Å². The molecule has 2 saturated heterocycles. The molecule has 4 rings (SSSR count). The van der Waals surface area contributed by atoms with Crippen LogP contribution in [0.3, 0.4) is 0 Å². The lowest BCUT2D eigenvalue weighted by Crippen LogP contribution is -2.51. The molecule has 1 aromatic heterocycles. The number of benzene rings is 1. The fourth-order valence-corrected chi connectivity index (χ4v) is 4.09. The predicted octanol–water partition coefficient (Wildman–Crippen LogP) is 2.40. The van der Waals surface area contributed by atoms with Crippen LogP contribution in [-0.4, -0.2) is 64.6 Å².